The Kier molecular flexibility index (Phi) is 4.42. The smallest absolute Gasteiger partial charge is 0.164 e. The molecular formula is C43H27N3O. The normalized spacial score (nSPS) is 14.6. The van der Waals surface area contributed by atoms with Crippen molar-refractivity contribution in [2.24, 2.45) is 0 Å². The second-order valence-corrected chi connectivity index (χ2v) is 10.9. The first-order valence-electron chi connectivity index (χ1n) is 19.9. The first-order valence-corrected chi connectivity index (χ1v) is 14.9. The van der Waals surface area contributed by atoms with Crippen LogP contribution in [0.15, 0.2) is 164 Å². The maximum atomic E-state index is 8.64. The van der Waals surface area contributed by atoms with E-state index in [9.17, 15) is 0 Å². The molecule has 0 spiro atoms. The van der Waals surface area contributed by atoms with Crippen LogP contribution in [0.1, 0.15) is 13.7 Å². The minimum atomic E-state index is -0.545. The van der Waals surface area contributed by atoms with Gasteiger partial charge in [0.1, 0.15) is 11.5 Å². The van der Waals surface area contributed by atoms with Gasteiger partial charge in [0, 0.05) is 27.6 Å². The van der Waals surface area contributed by atoms with Crippen molar-refractivity contribution in [3.63, 3.8) is 0 Å². The Morgan fingerprint density at radius 3 is 1.55 bits per heavy atom. The van der Waals surface area contributed by atoms with Crippen molar-refractivity contribution >= 4 is 10.8 Å². The molecule has 0 atom stereocenters. The molecule has 0 aliphatic carbocycles. The Labute approximate surface area is 286 Å². The molecule has 0 amide bonds. The lowest BCUT2D eigenvalue weighted by Gasteiger charge is -2.22. The number of ether oxygens (including phenoxy) is 1. The molecule has 0 N–H and O–H groups in total. The molecule has 0 saturated heterocycles. The third kappa shape index (κ3) is 4.93. The monoisotopic (exact) mass is 611 g/mol. The van der Waals surface area contributed by atoms with Crippen molar-refractivity contribution in [1.29, 1.82) is 0 Å². The highest BCUT2D eigenvalue weighted by molar-refractivity contribution is 6.04. The molecular weight excluding hydrogens is 574 g/mol. The highest BCUT2D eigenvalue weighted by Crippen LogP contribution is 2.47. The molecule has 2 heterocycles. The summed E-state index contributed by atoms with van der Waals surface area (Å²) in [5.41, 5.74) is 5.18. The fraction of sp³-hybridized carbons (Fsp3) is 0. The van der Waals surface area contributed by atoms with E-state index in [4.69, 9.17) is 23.4 Å². The molecule has 4 heteroatoms. The van der Waals surface area contributed by atoms with Gasteiger partial charge in [-0.15, -0.1) is 0 Å². The molecule has 9 rings (SSSR count). The molecule has 1 aromatic heterocycles. The molecule has 4 nitrogen and oxygen atoms in total. The molecule has 1 aliphatic heterocycles. The summed E-state index contributed by atoms with van der Waals surface area (Å²) in [6, 6.07) is 27.6. The quantitative estimate of drug-likeness (QED) is 0.194. The number of hydrogen-bond acceptors (Lipinski definition) is 4. The zero-order valence-electron chi connectivity index (χ0n) is 34.6. The Balaban J connectivity index is 1.14. The molecule has 0 radical (unpaired) electrons. The number of hydrogen-bond donors (Lipinski definition) is 0. The molecule has 47 heavy (non-hydrogen) atoms. The second kappa shape index (κ2) is 11.2. The van der Waals surface area contributed by atoms with Gasteiger partial charge in [-0.3, -0.25) is 0 Å². The van der Waals surface area contributed by atoms with E-state index in [2.05, 4.69) is 34.2 Å². The molecule has 0 fully saturated rings. The maximum Gasteiger partial charge on any atom is 0.164 e. The summed E-state index contributed by atoms with van der Waals surface area (Å²) in [5, 5.41) is 2.15. The van der Waals surface area contributed by atoms with Gasteiger partial charge in [0.05, 0.1) is 13.7 Å². The summed E-state index contributed by atoms with van der Waals surface area (Å²) in [5.74, 6) is 1.76. The van der Waals surface area contributed by atoms with Crippen molar-refractivity contribution in [3.8, 4) is 79.0 Å². The van der Waals surface area contributed by atoms with E-state index in [0.29, 0.717) is 16.7 Å². The molecule has 0 bridgehead atoms. The minimum absolute atomic E-state index is 0.0390. The number of aromatic nitrogens is 3. The Bertz CT molecular complexity index is 2930. The van der Waals surface area contributed by atoms with Gasteiger partial charge in [-0.1, -0.05) is 145 Å². The van der Waals surface area contributed by atoms with Crippen molar-refractivity contribution in [3.05, 3.63) is 164 Å². The summed E-state index contributed by atoms with van der Waals surface area (Å²) < 4.78 is 89.1. The highest BCUT2D eigenvalue weighted by atomic mass is 16.5. The van der Waals surface area contributed by atoms with E-state index in [1.807, 2.05) is 54.6 Å². The fourth-order valence-corrected chi connectivity index (χ4v) is 5.84. The van der Waals surface area contributed by atoms with E-state index in [1.165, 1.54) is 0 Å². The van der Waals surface area contributed by atoms with E-state index in [0.717, 1.165) is 44.5 Å². The first kappa shape index (κ1) is 18.5. The largest absolute Gasteiger partial charge is 0.456 e. The first-order chi connectivity index (χ1) is 27.4. The van der Waals surface area contributed by atoms with Crippen LogP contribution in [0.3, 0.4) is 0 Å². The standard InChI is InChI=1S/C43H27N3O/c1-3-9-28(10-4-1)29-17-21-33(22-18-29)42-44-41(32-11-5-2-6-12-32)45-43(46-42)34-23-19-30(20-24-34)35-25-26-38-37(27-35)36-15-7-13-31-14-8-16-39(47-38)40(31)36/h1-27H/i1D,2D,3D,4D,5D,6D,9D,10D,11D,12D. The van der Waals surface area contributed by atoms with Crippen molar-refractivity contribution in [2.45, 2.75) is 0 Å². The zero-order chi connectivity index (χ0) is 39.9. The van der Waals surface area contributed by atoms with Gasteiger partial charge in [-0.2, -0.15) is 0 Å². The maximum absolute atomic E-state index is 8.64. The van der Waals surface area contributed by atoms with Gasteiger partial charge in [-0.25, -0.2) is 15.0 Å². The lowest BCUT2D eigenvalue weighted by molar-refractivity contribution is 0.487. The summed E-state index contributed by atoms with van der Waals surface area (Å²) in [6.07, 6.45) is 0. The zero-order valence-corrected chi connectivity index (χ0v) is 24.6. The van der Waals surface area contributed by atoms with Crippen LogP contribution in [0.5, 0.6) is 11.5 Å². The average Bonchev–Trinajstić information content (AvgIpc) is 3.24. The van der Waals surface area contributed by atoms with Crippen LogP contribution in [0, 0.1) is 0 Å². The Hall–Kier alpha value is -6.39. The summed E-state index contributed by atoms with van der Waals surface area (Å²) in [6.45, 7) is 0. The van der Waals surface area contributed by atoms with Gasteiger partial charge in [0.25, 0.3) is 0 Å². The Morgan fingerprint density at radius 2 is 0.915 bits per heavy atom. The van der Waals surface area contributed by atoms with Gasteiger partial charge >= 0.3 is 0 Å². The minimum Gasteiger partial charge on any atom is -0.456 e. The van der Waals surface area contributed by atoms with Crippen molar-refractivity contribution in [1.82, 2.24) is 15.0 Å². The SMILES string of the molecule is [2H]c1c([2H])c([2H])c(-c2ccc(-c3nc(-c4ccc(-c5ccc6c(c5)-c5cccc7cccc(c57)O6)cc4)nc(-c4c([2H])c([2H])c([2H])c([2H])c4[2H])n3)cc2)c([2H])c1[2H]. The molecule has 1 aliphatic rings. The van der Waals surface area contributed by atoms with Crippen LogP contribution >= 0.6 is 0 Å². The summed E-state index contributed by atoms with van der Waals surface area (Å²) in [4.78, 5) is 14.0. The highest BCUT2D eigenvalue weighted by Gasteiger charge is 2.20. The molecule has 0 saturated carbocycles. The topological polar surface area (TPSA) is 47.9 Å². The number of benzene rings is 7. The predicted molar refractivity (Wildman–Crippen MR) is 190 cm³/mol. The molecule has 220 valence electrons. The molecule has 8 aromatic rings. The van der Waals surface area contributed by atoms with E-state index in [-0.39, 0.29) is 40.7 Å². The van der Waals surface area contributed by atoms with Crippen LogP contribution in [0.4, 0.5) is 0 Å². The van der Waals surface area contributed by atoms with Gasteiger partial charge < -0.3 is 4.74 Å². The van der Waals surface area contributed by atoms with Crippen LogP contribution in [-0.2, 0) is 0 Å². The van der Waals surface area contributed by atoms with Gasteiger partial charge in [0.2, 0.25) is 0 Å². The summed E-state index contributed by atoms with van der Waals surface area (Å²) in [7, 11) is 0. The van der Waals surface area contributed by atoms with Gasteiger partial charge in [0.15, 0.2) is 17.5 Å². The van der Waals surface area contributed by atoms with Crippen LogP contribution < -0.4 is 4.74 Å². The average molecular weight is 612 g/mol. The number of fused-ring (bicyclic) bond motifs is 2. The lowest BCUT2D eigenvalue weighted by Crippen LogP contribution is -2.00. The molecule has 0 unspecified atom stereocenters. The Morgan fingerprint density at radius 1 is 0.404 bits per heavy atom. The lowest BCUT2D eigenvalue weighted by atomic mass is 9.92. The van der Waals surface area contributed by atoms with Crippen molar-refractivity contribution < 1.29 is 18.4 Å². The van der Waals surface area contributed by atoms with Crippen LogP contribution in [0.2, 0.25) is 0 Å². The van der Waals surface area contributed by atoms with Crippen molar-refractivity contribution in [2.75, 3.05) is 0 Å². The third-order valence-electron chi connectivity index (χ3n) is 8.12. The second-order valence-electron chi connectivity index (χ2n) is 10.9. The number of nitrogens with zero attached hydrogens (tertiary/aromatic N) is 3. The number of rotatable bonds is 5. The molecule has 7 aromatic carbocycles. The summed E-state index contributed by atoms with van der Waals surface area (Å²) >= 11 is 0. The van der Waals surface area contributed by atoms with E-state index in [1.54, 1.807) is 24.3 Å². The third-order valence-corrected chi connectivity index (χ3v) is 8.12. The van der Waals surface area contributed by atoms with Crippen LogP contribution in [0.25, 0.3) is 78.3 Å². The van der Waals surface area contributed by atoms with E-state index >= 15 is 0 Å². The van der Waals surface area contributed by atoms with Gasteiger partial charge in [-0.05, 0) is 51.4 Å². The predicted octanol–water partition coefficient (Wildman–Crippen LogP) is 11.1. The fourth-order valence-electron chi connectivity index (χ4n) is 5.84. The van der Waals surface area contributed by atoms with E-state index < -0.39 is 48.3 Å². The van der Waals surface area contributed by atoms with Crippen LogP contribution in [-0.4, -0.2) is 15.0 Å².